The van der Waals surface area contributed by atoms with Crippen LogP contribution in [0.5, 0.6) is 0 Å². The molecule has 0 radical (unpaired) electrons. The van der Waals surface area contributed by atoms with E-state index in [4.69, 9.17) is 11.6 Å². The van der Waals surface area contributed by atoms with Gasteiger partial charge in [0.25, 0.3) is 0 Å². The van der Waals surface area contributed by atoms with Crippen LogP contribution in [0, 0.1) is 6.92 Å². The van der Waals surface area contributed by atoms with E-state index in [1.54, 1.807) is 18.2 Å². The highest BCUT2D eigenvalue weighted by molar-refractivity contribution is 7.92. The number of nitrogens with zero attached hydrogens (tertiary/aromatic N) is 1. The maximum atomic E-state index is 12.7. The Morgan fingerprint density at radius 3 is 2.70 bits per heavy atom. The lowest BCUT2D eigenvalue weighted by Gasteiger charge is -2.28. The molecule has 0 unspecified atom stereocenters. The van der Waals surface area contributed by atoms with Crippen molar-refractivity contribution in [3.05, 3.63) is 64.2 Å². The molecule has 0 aromatic heterocycles. The summed E-state index contributed by atoms with van der Waals surface area (Å²) in [5.74, 6) is -0.334. The molecular weight excluding hydrogens is 384 g/mol. The van der Waals surface area contributed by atoms with Crippen LogP contribution in [0.2, 0.25) is 5.02 Å². The zero-order valence-corrected chi connectivity index (χ0v) is 17.0. The number of aryl methyl sites for hydroxylation is 2. The molecule has 2 aromatic carbocycles. The third kappa shape index (κ3) is 4.62. The molecule has 1 amide bonds. The summed E-state index contributed by atoms with van der Waals surface area (Å²) in [6.07, 6.45) is 3.92. The number of benzene rings is 2. The number of carbonyl (C=O) groups excluding carboxylic acids is 1. The van der Waals surface area contributed by atoms with Crippen molar-refractivity contribution >= 4 is 33.2 Å². The van der Waals surface area contributed by atoms with E-state index in [2.05, 4.69) is 11.4 Å². The van der Waals surface area contributed by atoms with Gasteiger partial charge in [-0.1, -0.05) is 41.9 Å². The van der Waals surface area contributed by atoms with Gasteiger partial charge in [-0.2, -0.15) is 0 Å². The first-order chi connectivity index (χ1) is 12.8. The topological polar surface area (TPSA) is 66.5 Å². The number of hydrogen-bond donors (Lipinski definition) is 1. The minimum absolute atomic E-state index is 0.0922. The van der Waals surface area contributed by atoms with Gasteiger partial charge >= 0.3 is 0 Å². The van der Waals surface area contributed by atoms with E-state index < -0.39 is 10.0 Å². The number of hydrogen-bond acceptors (Lipinski definition) is 3. The summed E-state index contributed by atoms with van der Waals surface area (Å²) in [4.78, 5) is 12.7. The van der Waals surface area contributed by atoms with E-state index >= 15 is 0 Å². The van der Waals surface area contributed by atoms with Crippen LogP contribution in [0.1, 0.15) is 35.6 Å². The number of fused-ring (bicyclic) bond motifs is 1. The molecule has 7 heteroatoms. The third-order valence-corrected chi connectivity index (χ3v) is 6.38. The highest BCUT2D eigenvalue weighted by Gasteiger charge is 2.25. The monoisotopic (exact) mass is 406 g/mol. The fraction of sp³-hybridized carbons (Fsp3) is 0.350. The lowest BCUT2D eigenvalue weighted by Crippen LogP contribution is -2.42. The summed E-state index contributed by atoms with van der Waals surface area (Å²) in [6.45, 7) is 1.56. The lowest BCUT2D eigenvalue weighted by atomic mass is 9.88. The van der Waals surface area contributed by atoms with Gasteiger partial charge in [0, 0.05) is 5.02 Å². The van der Waals surface area contributed by atoms with E-state index in [0.717, 1.165) is 41.0 Å². The van der Waals surface area contributed by atoms with Gasteiger partial charge in [0.2, 0.25) is 15.9 Å². The Bertz CT molecular complexity index is 959. The first kappa shape index (κ1) is 19.7. The second-order valence-electron chi connectivity index (χ2n) is 6.91. The number of amides is 1. The average molecular weight is 407 g/mol. The van der Waals surface area contributed by atoms with Crippen molar-refractivity contribution in [3.63, 3.8) is 0 Å². The predicted octanol–water partition coefficient (Wildman–Crippen LogP) is 3.61. The Morgan fingerprint density at radius 1 is 1.26 bits per heavy atom. The number of nitrogens with one attached hydrogen (secondary N) is 1. The molecule has 0 fully saturated rings. The molecule has 0 saturated heterocycles. The molecule has 1 aliphatic carbocycles. The van der Waals surface area contributed by atoms with E-state index in [9.17, 15) is 13.2 Å². The van der Waals surface area contributed by atoms with Crippen molar-refractivity contribution < 1.29 is 13.2 Å². The number of anilines is 1. The molecular formula is C20H23ClN2O3S. The van der Waals surface area contributed by atoms with Crippen molar-refractivity contribution in [3.8, 4) is 0 Å². The van der Waals surface area contributed by atoms with Gasteiger partial charge in [0.05, 0.1) is 18.0 Å². The number of halogens is 1. The molecule has 0 bridgehead atoms. The second-order valence-corrected chi connectivity index (χ2v) is 9.23. The summed E-state index contributed by atoms with van der Waals surface area (Å²) < 4.78 is 25.6. The van der Waals surface area contributed by atoms with E-state index in [-0.39, 0.29) is 18.5 Å². The minimum Gasteiger partial charge on any atom is -0.348 e. The molecule has 2 aromatic rings. The van der Waals surface area contributed by atoms with Crippen molar-refractivity contribution in [2.75, 3.05) is 17.1 Å². The fourth-order valence-corrected chi connectivity index (χ4v) is 4.43. The standard InChI is InChI=1S/C20H23ClN2O3S/c1-14-10-11-16(12-18(14)21)23(27(2,25)26)13-20(24)22-19-9-5-7-15-6-3-4-8-17(15)19/h3-4,6,8,10-12,19H,5,7,9,13H2,1-2H3,(H,22,24)/t19-/m0/s1. The quantitative estimate of drug-likeness (QED) is 0.824. The summed E-state index contributed by atoms with van der Waals surface area (Å²) in [7, 11) is -3.63. The summed E-state index contributed by atoms with van der Waals surface area (Å²) >= 11 is 6.13. The van der Waals surface area contributed by atoms with Gasteiger partial charge in [-0.3, -0.25) is 9.10 Å². The largest absolute Gasteiger partial charge is 0.348 e. The van der Waals surface area contributed by atoms with Crippen LogP contribution in [0.3, 0.4) is 0 Å². The normalized spacial score (nSPS) is 16.5. The highest BCUT2D eigenvalue weighted by Crippen LogP contribution is 2.30. The first-order valence-corrected chi connectivity index (χ1v) is 11.1. The molecule has 27 heavy (non-hydrogen) atoms. The molecule has 0 spiro atoms. The van der Waals surface area contributed by atoms with Crippen molar-refractivity contribution in [2.45, 2.75) is 32.2 Å². The van der Waals surface area contributed by atoms with Crippen molar-refractivity contribution in [1.29, 1.82) is 0 Å². The van der Waals surface area contributed by atoms with Crippen molar-refractivity contribution in [2.24, 2.45) is 0 Å². The Hall–Kier alpha value is -2.05. The summed E-state index contributed by atoms with van der Waals surface area (Å²) in [5.41, 5.74) is 3.57. The van der Waals surface area contributed by atoms with Crippen LogP contribution in [0.25, 0.3) is 0 Å². The van der Waals surface area contributed by atoms with E-state index in [1.807, 2.05) is 25.1 Å². The molecule has 0 saturated carbocycles. The predicted molar refractivity (Wildman–Crippen MR) is 109 cm³/mol. The van der Waals surface area contributed by atoms with E-state index in [0.29, 0.717) is 10.7 Å². The van der Waals surface area contributed by atoms with Gasteiger partial charge in [0.15, 0.2) is 0 Å². The average Bonchev–Trinajstić information content (AvgIpc) is 2.61. The van der Waals surface area contributed by atoms with Gasteiger partial charge in [-0.05, 0) is 55.0 Å². The molecule has 5 nitrogen and oxygen atoms in total. The second kappa shape index (κ2) is 7.90. The zero-order chi connectivity index (χ0) is 19.6. The zero-order valence-electron chi connectivity index (χ0n) is 15.4. The number of rotatable bonds is 5. The maximum Gasteiger partial charge on any atom is 0.241 e. The molecule has 0 aliphatic heterocycles. The Morgan fingerprint density at radius 2 is 2.00 bits per heavy atom. The van der Waals surface area contributed by atoms with Crippen LogP contribution >= 0.6 is 11.6 Å². The first-order valence-electron chi connectivity index (χ1n) is 8.87. The van der Waals surface area contributed by atoms with Crippen molar-refractivity contribution in [1.82, 2.24) is 5.32 Å². The fourth-order valence-electron chi connectivity index (χ4n) is 3.41. The highest BCUT2D eigenvalue weighted by atomic mass is 35.5. The van der Waals surface area contributed by atoms with Crippen LogP contribution in [0.15, 0.2) is 42.5 Å². The number of carbonyl (C=O) groups is 1. The minimum atomic E-state index is -3.63. The summed E-state index contributed by atoms with van der Waals surface area (Å²) in [6, 6.07) is 12.9. The van der Waals surface area contributed by atoms with Crippen LogP contribution in [-0.2, 0) is 21.2 Å². The molecule has 0 heterocycles. The Labute approximate surface area is 165 Å². The van der Waals surface area contributed by atoms with Crippen LogP contribution in [0.4, 0.5) is 5.69 Å². The molecule has 1 atom stereocenters. The van der Waals surface area contributed by atoms with Crippen LogP contribution < -0.4 is 9.62 Å². The Balaban J connectivity index is 1.79. The Kier molecular flexibility index (Phi) is 5.77. The molecule has 1 aliphatic rings. The number of sulfonamides is 1. The van der Waals surface area contributed by atoms with Gasteiger partial charge in [-0.25, -0.2) is 8.42 Å². The molecule has 144 valence electrons. The van der Waals surface area contributed by atoms with Crippen LogP contribution in [-0.4, -0.2) is 27.1 Å². The van der Waals surface area contributed by atoms with Gasteiger partial charge in [-0.15, -0.1) is 0 Å². The third-order valence-electron chi connectivity index (χ3n) is 4.84. The SMILES string of the molecule is Cc1ccc(N(CC(=O)N[C@H]2CCCc3ccccc32)S(C)(=O)=O)cc1Cl. The summed E-state index contributed by atoms with van der Waals surface area (Å²) in [5, 5.41) is 3.46. The maximum absolute atomic E-state index is 12.7. The molecule has 1 N–H and O–H groups in total. The van der Waals surface area contributed by atoms with E-state index in [1.165, 1.54) is 5.56 Å². The molecule has 3 rings (SSSR count). The van der Waals surface area contributed by atoms with Gasteiger partial charge < -0.3 is 5.32 Å². The smallest absolute Gasteiger partial charge is 0.241 e. The lowest BCUT2D eigenvalue weighted by molar-refractivity contribution is -0.120. The van der Waals surface area contributed by atoms with Gasteiger partial charge in [0.1, 0.15) is 6.54 Å².